The van der Waals surface area contributed by atoms with Gasteiger partial charge in [-0.3, -0.25) is 0 Å². The van der Waals surface area contributed by atoms with Crippen LogP contribution < -0.4 is 10.6 Å². The quantitative estimate of drug-likeness (QED) is 0.846. The highest BCUT2D eigenvalue weighted by molar-refractivity contribution is 5.38. The molecule has 132 valence electrons. The zero-order valence-electron chi connectivity index (χ0n) is 15.0. The smallest absolute Gasteiger partial charge is 0.176 e. The molecular weight excluding hydrogens is 316 g/mol. The summed E-state index contributed by atoms with van der Waals surface area (Å²) < 4.78 is 1.93. The molecule has 2 heterocycles. The lowest BCUT2D eigenvalue weighted by atomic mass is 9.84. The SMILES string of the molecule is CC1(C)CC(C)(c2nnnn2C2CCCCC2)NC(C#N)=C(C#N)N1. The van der Waals surface area contributed by atoms with Crippen molar-refractivity contribution in [1.82, 2.24) is 30.8 Å². The van der Waals surface area contributed by atoms with Crippen molar-refractivity contribution in [2.24, 2.45) is 0 Å². The molecule has 8 nitrogen and oxygen atoms in total. The van der Waals surface area contributed by atoms with E-state index in [4.69, 9.17) is 0 Å². The van der Waals surface area contributed by atoms with Gasteiger partial charge in [0, 0.05) is 5.54 Å². The molecule has 0 radical (unpaired) electrons. The predicted octanol–water partition coefficient (Wildman–Crippen LogP) is 2.01. The van der Waals surface area contributed by atoms with Crippen molar-refractivity contribution < 1.29 is 0 Å². The fourth-order valence-corrected chi connectivity index (χ4v) is 4.14. The Hall–Kier alpha value is -2.61. The Labute approximate surface area is 147 Å². The van der Waals surface area contributed by atoms with Crippen LogP contribution in [0.4, 0.5) is 0 Å². The van der Waals surface area contributed by atoms with Gasteiger partial charge in [0.05, 0.1) is 11.6 Å². The molecule has 1 unspecified atom stereocenters. The highest BCUT2D eigenvalue weighted by Gasteiger charge is 2.43. The lowest BCUT2D eigenvalue weighted by molar-refractivity contribution is 0.238. The normalized spacial score (nSPS) is 26.8. The van der Waals surface area contributed by atoms with E-state index in [2.05, 4.69) is 38.3 Å². The van der Waals surface area contributed by atoms with E-state index in [1.165, 1.54) is 19.3 Å². The minimum absolute atomic E-state index is 0.230. The molecule has 1 aromatic rings. The molecule has 1 saturated carbocycles. The van der Waals surface area contributed by atoms with Gasteiger partial charge in [0.2, 0.25) is 0 Å². The van der Waals surface area contributed by atoms with E-state index >= 15 is 0 Å². The fourth-order valence-electron chi connectivity index (χ4n) is 4.14. The monoisotopic (exact) mass is 340 g/mol. The molecule has 0 amide bonds. The second kappa shape index (κ2) is 6.36. The average Bonchev–Trinajstić information content (AvgIpc) is 3.05. The van der Waals surface area contributed by atoms with Gasteiger partial charge < -0.3 is 10.6 Å². The number of nitrogens with zero attached hydrogens (tertiary/aromatic N) is 6. The molecule has 2 aliphatic rings. The number of hydrogen-bond acceptors (Lipinski definition) is 7. The molecule has 0 bridgehead atoms. The van der Waals surface area contributed by atoms with Crippen molar-refractivity contribution in [3.8, 4) is 12.1 Å². The third kappa shape index (κ3) is 3.30. The van der Waals surface area contributed by atoms with Gasteiger partial charge in [0.25, 0.3) is 0 Å². The molecule has 1 fully saturated rings. The number of rotatable bonds is 2. The third-order valence-electron chi connectivity index (χ3n) is 5.04. The summed E-state index contributed by atoms with van der Waals surface area (Å²) in [6.45, 7) is 6.03. The Balaban J connectivity index is 2.04. The van der Waals surface area contributed by atoms with Crippen LogP contribution >= 0.6 is 0 Å². The maximum Gasteiger partial charge on any atom is 0.176 e. The van der Waals surface area contributed by atoms with E-state index in [1.54, 1.807) is 0 Å². The first-order chi connectivity index (χ1) is 11.9. The van der Waals surface area contributed by atoms with Crippen molar-refractivity contribution in [3.63, 3.8) is 0 Å². The lowest BCUT2D eigenvalue weighted by Crippen LogP contribution is -2.48. The van der Waals surface area contributed by atoms with Crippen molar-refractivity contribution in [2.45, 2.75) is 76.4 Å². The molecule has 1 aromatic heterocycles. The molecule has 0 saturated heterocycles. The number of nitrogens with one attached hydrogen (secondary N) is 2. The van der Waals surface area contributed by atoms with Gasteiger partial charge in [-0.15, -0.1) is 5.10 Å². The molecule has 1 aliphatic carbocycles. The Morgan fingerprint density at radius 3 is 2.32 bits per heavy atom. The van der Waals surface area contributed by atoms with Gasteiger partial charge in [-0.2, -0.15) is 10.5 Å². The van der Waals surface area contributed by atoms with E-state index in [-0.39, 0.29) is 11.4 Å². The van der Waals surface area contributed by atoms with Crippen LogP contribution in [-0.4, -0.2) is 25.7 Å². The second-order valence-electron chi connectivity index (χ2n) is 7.86. The minimum atomic E-state index is -0.652. The van der Waals surface area contributed by atoms with Crippen LogP contribution in [0, 0.1) is 22.7 Å². The first-order valence-corrected chi connectivity index (χ1v) is 8.78. The van der Waals surface area contributed by atoms with Crippen LogP contribution in [0.5, 0.6) is 0 Å². The summed E-state index contributed by atoms with van der Waals surface area (Å²) in [6.07, 6.45) is 6.39. The molecule has 0 spiro atoms. The molecule has 0 aromatic carbocycles. The van der Waals surface area contributed by atoms with Gasteiger partial charge in [0.1, 0.15) is 23.5 Å². The zero-order chi connectivity index (χ0) is 18.1. The summed E-state index contributed by atoms with van der Waals surface area (Å²) in [7, 11) is 0. The lowest BCUT2D eigenvalue weighted by Gasteiger charge is -2.36. The maximum atomic E-state index is 9.52. The fraction of sp³-hybridized carbons (Fsp3) is 0.706. The van der Waals surface area contributed by atoms with Gasteiger partial charge in [-0.05, 0) is 50.5 Å². The van der Waals surface area contributed by atoms with E-state index in [0.717, 1.165) is 18.7 Å². The number of hydrogen-bond donors (Lipinski definition) is 2. The summed E-state index contributed by atoms with van der Waals surface area (Å²) >= 11 is 0. The van der Waals surface area contributed by atoms with E-state index in [0.29, 0.717) is 12.5 Å². The highest BCUT2D eigenvalue weighted by atomic mass is 15.6. The summed E-state index contributed by atoms with van der Waals surface area (Å²) in [6, 6.07) is 4.48. The topological polar surface area (TPSA) is 115 Å². The van der Waals surface area contributed by atoms with Crippen molar-refractivity contribution in [1.29, 1.82) is 10.5 Å². The molecule has 2 N–H and O–H groups in total. The largest absolute Gasteiger partial charge is 0.369 e. The molecule has 25 heavy (non-hydrogen) atoms. The summed E-state index contributed by atoms with van der Waals surface area (Å²) in [5, 5.41) is 37.8. The van der Waals surface area contributed by atoms with E-state index < -0.39 is 11.1 Å². The van der Waals surface area contributed by atoms with Crippen LogP contribution in [0.15, 0.2) is 11.4 Å². The number of aromatic nitrogens is 4. The first kappa shape index (κ1) is 17.2. The molecule has 1 aliphatic heterocycles. The number of nitriles is 2. The van der Waals surface area contributed by atoms with Crippen molar-refractivity contribution >= 4 is 0 Å². The third-order valence-corrected chi connectivity index (χ3v) is 5.04. The van der Waals surface area contributed by atoms with Crippen LogP contribution in [0.25, 0.3) is 0 Å². The summed E-state index contributed by atoms with van der Waals surface area (Å²) in [5.41, 5.74) is -0.558. The predicted molar refractivity (Wildman–Crippen MR) is 90.5 cm³/mol. The first-order valence-electron chi connectivity index (χ1n) is 8.78. The van der Waals surface area contributed by atoms with Crippen molar-refractivity contribution in [2.75, 3.05) is 0 Å². The second-order valence-corrected chi connectivity index (χ2v) is 7.86. The molecular formula is C17H24N8. The van der Waals surface area contributed by atoms with Gasteiger partial charge in [-0.1, -0.05) is 19.3 Å². The van der Waals surface area contributed by atoms with E-state index in [1.807, 2.05) is 25.5 Å². The Bertz CT molecular complexity index is 756. The molecule has 1 atom stereocenters. The van der Waals surface area contributed by atoms with E-state index in [9.17, 15) is 10.5 Å². The summed E-state index contributed by atoms with van der Waals surface area (Å²) in [4.78, 5) is 0. The molecule has 8 heteroatoms. The minimum Gasteiger partial charge on any atom is -0.369 e. The Morgan fingerprint density at radius 2 is 1.68 bits per heavy atom. The average molecular weight is 340 g/mol. The van der Waals surface area contributed by atoms with Gasteiger partial charge >= 0.3 is 0 Å². The maximum absolute atomic E-state index is 9.52. The Kier molecular flexibility index (Phi) is 4.38. The highest BCUT2D eigenvalue weighted by Crippen LogP contribution is 2.36. The number of allylic oxidation sites excluding steroid dienone is 2. The van der Waals surface area contributed by atoms with Crippen LogP contribution in [0.3, 0.4) is 0 Å². The van der Waals surface area contributed by atoms with Crippen molar-refractivity contribution in [3.05, 3.63) is 17.2 Å². The van der Waals surface area contributed by atoms with Gasteiger partial charge in [0.15, 0.2) is 5.82 Å². The Morgan fingerprint density at radius 1 is 1.04 bits per heavy atom. The number of tetrazole rings is 1. The van der Waals surface area contributed by atoms with Gasteiger partial charge in [-0.25, -0.2) is 4.68 Å². The zero-order valence-corrected chi connectivity index (χ0v) is 15.0. The van der Waals surface area contributed by atoms with Crippen LogP contribution in [-0.2, 0) is 5.54 Å². The standard InChI is InChI=1S/C17H24N8/c1-16(2)11-17(3,21-14(10-19)13(9-18)20-16)15-22-23-24-25(15)12-7-5-4-6-8-12/h12,20-21H,4-8,11H2,1-3H3. The summed E-state index contributed by atoms with van der Waals surface area (Å²) in [5.74, 6) is 0.723. The molecule has 3 rings (SSSR count). The van der Waals surface area contributed by atoms with Crippen LogP contribution in [0.2, 0.25) is 0 Å². The van der Waals surface area contributed by atoms with Crippen LogP contribution in [0.1, 0.15) is 71.2 Å².